The van der Waals surface area contributed by atoms with Gasteiger partial charge >= 0.3 is 0 Å². The Balaban J connectivity index is 0.000000512. The van der Waals surface area contributed by atoms with E-state index in [1.54, 1.807) is 31.2 Å². The van der Waals surface area contributed by atoms with Gasteiger partial charge in [-0.3, -0.25) is 4.79 Å². The molecule has 0 radical (unpaired) electrons. The summed E-state index contributed by atoms with van der Waals surface area (Å²) in [5, 5.41) is 3.44. The summed E-state index contributed by atoms with van der Waals surface area (Å²) in [6, 6.07) is 12.8. The molecule has 1 saturated heterocycles. The van der Waals surface area contributed by atoms with E-state index >= 15 is 0 Å². The zero-order chi connectivity index (χ0) is 26.8. The molecule has 1 aliphatic heterocycles. The summed E-state index contributed by atoms with van der Waals surface area (Å²) in [6.07, 6.45) is 0.894. The van der Waals surface area contributed by atoms with Gasteiger partial charge in [0.1, 0.15) is 11.6 Å². The normalized spacial score (nSPS) is 16.2. The minimum atomic E-state index is -0.275. The highest BCUT2D eigenvalue weighted by molar-refractivity contribution is 6.01. The lowest BCUT2D eigenvalue weighted by atomic mass is 9.87. The average Bonchev–Trinajstić information content (AvgIpc) is 2.83. The average molecular weight is 485 g/mol. The maximum Gasteiger partial charge on any atom is 0.176 e. The van der Waals surface area contributed by atoms with Crippen LogP contribution in [0.1, 0.15) is 66.0 Å². The van der Waals surface area contributed by atoms with Crippen molar-refractivity contribution in [3.8, 4) is 0 Å². The number of nitrogens with zero attached hydrogens (tertiary/aromatic N) is 1. The molecule has 0 amide bonds. The number of carbonyl (C=O) groups excluding carboxylic acids is 1. The third-order valence-electron chi connectivity index (χ3n) is 6.08. The number of ketones is 1. The van der Waals surface area contributed by atoms with Crippen LogP contribution >= 0.6 is 0 Å². The minimum Gasteiger partial charge on any atom is -0.339 e. The summed E-state index contributed by atoms with van der Waals surface area (Å²) in [5.74, 6) is -0.256. The van der Waals surface area contributed by atoms with Gasteiger partial charge in [-0.05, 0) is 68.5 Å². The Morgan fingerprint density at radius 1 is 1.06 bits per heavy atom. The lowest BCUT2D eigenvalue weighted by Crippen LogP contribution is -2.55. The highest BCUT2D eigenvalue weighted by atomic mass is 19.1. The first-order chi connectivity index (χ1) is 16.5. The van der Waals surface area contributed by atoms with E-state index in [-0.39, 0.29) is 28.9 Å². The second kappa shape index (κ2) is 13.9. The van der Waals surface area contributed by atoms with Crippen LogP contribution in [0.15, 0.2) is 66.5 Å². The third kappa shape index (κ3) is 8.43. The summed E-state index contributed by atoms with van der Waals surface area (Å²) in [6.45, 7) is 21.6. The van der Waals surface area contributed by atoms with Crippen molar-refractivity contribution in [2.75, 3.05) is 13.1 Å². The molecule has 1 unspecified atom stereocenters. The summed E-state index contributed by atoms with van der Waals surface area (Å²) in [7, 11) is 0. The second-order valence-electron chi connectivity index (χ2n) is 9.08. The first-order valence-electron chi connectivity index (χ1n) is 12.4. The van der Waals surface area contributed by atoms with Crippen molar-refractivity contribution >= 4 is 11.4 Å². The fraction of sp³-hybridized carbons (Fsp3) is 0.433. The monoisotopic (exact) mass is 484 g/mol. The molecule has 1 atom stereocenters. The first-order valence-corrected chi connectivity index (χ1v) is 12.4. The number of Topliss-reactive ketones (excluding diaryl/α,β-unsaturated/α-hetero) is 1. The zero-order valence-electron chi connectivity index (χ0n) is 22.6. The minimum absolute atomic E-state index is 0.0125. The Kier molecular flexibility index (Phi) is 12.0. The Labute approximate surface area is 210 Å². The lowest BCUT2D eigenvalue weighted by Gasteiger charge is -2.44. The van der Waals surface area contributed by atoms with E-state index < -0.39 is 0 Å². The molecule has 0 bridgehead atoms. The van der Waals surface area contributed by atoms with Gasteiger partial charge in [-0.25, -0.2) is 8.78 Å². The summed E-state index contributed by atoms with van der Waals surface area (Å²) < 4.78 is 25.5. The molecule has 192 valence electrons. The van der Waals surface area contributed by atoms with Gasteiger partial charge in [-0.1, -0.05) is 64.1 Å². The number of piperazine rings is 1. The topological polar surface area (TPSA) is 32.3 Å². The van der Waals surface area contributed by atoms with Crippen molar-refractivity contribution in [2.24, 2.45) is 5.92 Å². The fourth-order valence-electron chi connectivity index (χ4n) is 3.85. The number of hydrogen-bond donors (Lipinski definition) is 1. The van der Waals surface area contributed by atoms with Gasteiger partial charge in [0.05, 0.1) is 11.2 Å². The van der Waals surface area contributed by atoms with Crippen LogP contribution in [0.5, 0.6) is 0 Å². The van der Waals surface area contributed by atoms with Crippen LogP contribution in [0.25, 0.3) is 5.57 Å². The van der Waals surface area contributed by atoms with Crippen LogP contribution in [-0.4, -0.2) is 29.3 Å². The SMILES string of the molecule is C=C1N(/C(C(C)=O)=C(/c2ccc(F)cc2)C(C)CC)CCNC1(C)C.CC.Cc1ccc(F)cc1. The summed E-state index contributed by atoms with van der Waals surface area (Å²) in [5.41, 5.74) is 4.24. The van der Waals surface area contributed by atoms with Gasteiger partial charge in [0.2, 0.25) is 0 Å². The molecule has 2 aromatic rings. The molecule has 1 aliphatic rings. The molecule has 3 rings (SSSR count). The molecule has 3 nitrogen and oxygen atoms in total. The number of benzene rings is 2. The second-order valence-corrected chi connectivity index (χ2v) is 9.08. The van der Waals surface area contributed by atoms with Crippen molar-refractivity contribution in [1.82, 2.24) is 10.2 Å². The molecule has 0 spiro atoms. The van der Waals surface area contributed by atoms with Gasteiger partial charge < -0.3 is 10.2 Å². The van der Waals surface area contributed by atoms with E-state index in [9.17, 15) is 13.6 Å². The van der Waals surface area contributed by atoms with E-state index in [4.69, 9.17) is 0 Å². The number of carbonyl (C=O) groups is 1. The van der Waals surface area contributed by atoms with Crippen LogP contribution in [0.2, 0.25) is 0 Å². The predicted octanol–water partition coefficient (Wildman–Crippen LogP) is 7.53. The fourth-order valence-corrected chi connectivity index (χ4v) is 3.85. The standard InChI is InChI=1S/C21H29FN2O.C7H7F.C2H6/c1-7-14(2)19(17-8-10-18(22)11-9-17)20(15(3)25)24-13-12-23-21(5,6)16(24)4;1-6-2-4-7(8)5-3-6;1-2/h8-11,14,23H,4,7,12-13H2,1-3,5-6H3;2-5H,1H3;1-2H3/b20-19+;;. The third-order valence-corrected chi connectivity index (χ3v) is 6.08. The lowest BCUT2D eigenvalue weighted by molar-refractivity contribution is -0.115. The molecule has 0 aromatic heterocycles. The number of allylic oxidation sites excluding steroid dienone is 2. The molecule has 0 saturated carbocycles. The molecule has 1 N–H and O–H groups in total. The van der Waals surface area contributed by atoms with Crippen LogP contribution < -0.4 is 5.32 Å². The maximum atomic E-state index is 13.4. The molecule has 0 aliphatic carbocycles. The van der Waals surface area contributed by atoms with E-state index in [0.717, 1.165) is 35.4 Å². The number of halogens is 2. The Bertz CT molecular complexity index is 971. The van der Waals surface area contributed by atoms with Crippen molar-refractivity contribution in [2.45, 2.75) is 67.3 Å². The zero-order valence-corrected chi connectivity index (χ0v) is 22.6. The van der Waals surface area contributed by atoms with Gasteiger partial charge in [0.25, 0.3) is 0 Å². The summed E-state index contributed by atoms with van der Waals surface area (Å²) in [4.78, 5) is 14.7. The molecule has 1 heterocycles. The van der Waals surface area contributed by atoms with E-state index in [1.165, 1.54) is 24.3 Å². The van der Waals surface area contributed by atoms with Gasteiger partial charge in [-0.2, -0.15) is 0 Å². The van der Waals surface area contributed by atoms with E-state index in [0.29, 0.717) is 12.2 Å². The molecule has 35 heavy (non-hydrogen) atoms. The molecule has 1 fully saturated rings. The van der Waals surface area contributed by atoms with Gasteiger partial charge in [-0.15, -0.1) is 0 Å². The highest BCUT2D eigenvalue weighted by Gasteiger charge is 2.34. The smallest absolute Gasteiger partial charge is 0.176 e. The first kappa shape index (κ1) is 30.2. The Hall–Kier alpha value is -2.79. The number of hydrogen-bond acceptors (Lipinski definition) is 3. The Morgan fingerprint density at radius 3 is 1.97 bits per heavy atom. The van der Waals surface area contributed by atoms with Crippen molar-refractivity contribution in [1.29, 1.82) is 0 Å². The highest BCUT2D eigenvalue weighted by Crippen LogP contribution is 2.35. The number of aryl methyl sites for hydroxylation is 1. The quantitative estimate of drug-likeness (QED) is 0.445. The van der Waals surface area contributed by atoms with Gasteiger partial charge in [0, 0.05) is 25.7 Å². The van der Waals surface area contributed by atoms with Crippen LogP contribution in [0.4, 0.5) is 8.78 Å². The predicted molar refractivity (Wildman–Crippen MR) is 144 cm³/mol. The molecule has 5 heteroatoms. The van der Waals surface area contributed by atoms with Crippen molar-refractivity contribution in [3.63, 3.8) is 0 Å². The van der Waals surface area contributed by atoms with Crippen LogP contribution in [0, 0.1) is 24.5 Å². The van der Waals surface area contributed by atoms with Crippen molar-refractivity contribution < 1.29 is 13.6 Å². The molecule has 2 aromatic carbocycles. The van der Waals surface area contributed by atoms with Crippen molar-refractivity contribution in [3.05, 3.63) is 89.3 Å². The maximum absolute atomic E-state index is 13.4. The number of rotatable bonds is 5. The van der Waals surface area contributed by atoms with Crippen LogP contribution in [-0.2, 0) is 4.79 Å². The molecular weight excluding hydrogens is 442 g/mol. The number of nitrogens with one attached hydrogen (secondary N) is 1. The van der Waals surface area contributed by atoms with E-state index in [2.05, 4.69) is 39.6 Å². The summed E-state index contributed by atoms with van der Waals surface area (Å²) >= 11 is 0. The molecular formula is C30H42F2N2O. The van der Waals surface area contributed by atoms with Crippen LogP contribution in [0.3, 0.4) is 0 Å². The largest absolute Gasteiger partial charge is 0.339 e. The van der Waals surface area contributed by atoms with Gasteiger partial charge in [0.15, 0.2) is 5.78 Å². The Morgan fingerprint density at radius 2 is 1.54 bits per heavy atom. The van der Waals surface area contributed by atoms with E-state index in [1.807, 2.05) is 25.7 Å².